The van der Waals surface area contributed by atoms with E-state index in [4.69, 9.17) is 9.47 Å². The highest BCUT2D eigenvalue weighted by molar-refractivity contribution is 5.40. The van der Waals surface area contributed by atoms with Crippen molar-refractivity contribution in [1.29, 1.82) is 0 Å². The Morgan fingerprint density at radius 2 is 2.11 bits per heavy atom. The molecule has 0 amide bonds. The molecule has 0 radical (unpaired) electrons. The van der Waals surface area contributed by atoms with Crippen LogP contribution in [-0.4, -0.2) is 31.3 Å². The smallest absolute Gasteiger partial charge is 0.128 e. The fraction of sp³-hybridized carbons (Fsp3) is 0.667. The molecule has 2 atom stereocenters. The van der Waals surface area contributed by atoms with E-state index in [0.717, 1.165) is 42.0 Å². The van der Waals surface area contributed by atoms with Crippen LogP contribution < -0.4 is 10.1 Å². The normalized spacial score (nSPS) is 22.7. The lowest BCUT2D eigenvalue weighted by Crippen LogP contribution is -2.27. The molecule has 2 rings (SSSR count). The van der Waals surface area contributed by atoms with E-state index < -0.39 is 0 Å². The van der Waals surface area contributed by atoms with Gasteiger partial charge in [0.15, 0.2) is 0 Å². The number of rotatable bonds is 5. The van der Waals surface area contributed by atoms with Gasteiger partial charge in [-0.25, -0.2) is 0 Å². The third kappa shape index (κ3) is 3.25. The predicted octanol–water partition coefficient (Wildman–Crippen LogP) is 2.36. The number of aromatic nitrogens is 1. The largest absolute Gasteiger partial charge is 0.496 e. The van der Waals surface area contributed by atoms with Gasteiger partial charge < -0.3 is 14.8 Å². The first kappa shape index (κ1) is 14.3. The van der Waals surface area contributed by atoms with Gasteiger partial charge in [-0.3, -0.25) is 4.98 Å². The average molecular weight is 264 g/mol. The molecule has 2 unspecified atom stereocenters. The molecule has 1 aliphatic carbocycles. The molecule has 4 nitrogen and oxygen atoms in total. The topological polar surface area (TPSA) is 43.4 Å². The van der Waals surface area contributed by atoms with Gasteiger partial charge in [0.05, 0.1) is 18.9 Å². The maximum atomic E-state index is 5.43. The highest BCUT2D eigenvalue weighted by Crippen LogP contribution is 2.25. The molecule has 0 bridgehead atoms. The molecule has 1 aromatic rings. The molecule has 1 fully saturated rings. The summed E-state index contributed by atoms with van der Waals surface area (Å²) < 4.78 is 10.8. The minimum absolute atomic E-state index is 0.416. The minimum atomic E-state index is 0.416. The summed E-state index contributed by atoms with van der Waals surface area (Å²) in [6.07, 6.45) is 5.73. The Morgan fingerprint density at radius 3 is 2.74 bits per heavy atom. The second-order valence-corrected chi connectivity index (χ2v) is 5.29. The van der Waals surface area contributed by atoms with Crippen molar-refractivity contribution in [3.63, 3.8) is 0 Å². The van der Waals surface area contributed by atoms with E-state index in [1.807, 2.05) is 13.1 Å². The van der Waals surface area contributed by atoms with Gasteiger partial charge in [-0.05, 0) is 33.1 Å². The molecule has 106 valence electrons. The zero-order valence-corrected chi connectivity index (χ0v) is 12.3. The zero-order chi connectivity index (χ0) is 13.8. The fourth-order valence-corrected chi connectivity index (χ4v) is 2.83. The van der Waals surface area contributed by atoms with Crippen LogP contribution in [0.3, 0.4) is 0 Å². The molecule has 0 aliphatic heterocycles. The molecule has 0 saturated heterocycles. The number of nitrogens with zero attached hydrogens (tertiary/aromatic N) is 1. The fourth-order valence-electron chi connectivity index (χ4n) is 2.83. The summed E-state index contributed by atoms with van der Waals surface area (Å²) in [4.78, 5) is 4.51. The molecule has 4 heteroatoms. The maximum absolute atomic E-state index is 5.43. The van der Waals surface area contributed by atoms with Gasteiger partial charge in [0.25, 0.3) is 0 Å². The van der Waals surface area contributed by atoms with E-state index in [2.05, 4.69) is 17.2 Å². The Bertz CT molecular complexity index is 434. The molecule has 19 heavy (non-hydrogen) atoms. The molecule has 1 saturated carbocycles. The monoisotopic (exact) mass is 264 g/mol. The first-order chi connectivity index (χ1) is 9.15. The third-order valence-electron chi connectivity index (χ3n) is 4.03. The Morgan fingerprint density at radius 1 is 1.32 bits per heavy atom. The summed E-state index contributed by atoms with van der Waals surface area (Å²) >= 11 is 0. The quantitative estimate of drug-likeness (QED) is 0.886. The van der Waals surface area contributed by atoms with E-state index in [1.54, 1.807) is 14.2 Å². The summed E-state index contributed by atoms with van der Waals surface area (Å²) in [6, 6.07) is 0.540. The number of methoxy groups -OCH3 is 2. The standard InChI is InChI=1S/C15H24N2O2/c1-10-8-17-14(11(2)15(10)19-4)9-16-12-5-6-13(7-12)18-3/h8,12-13,16H,5-7,9H2,1-4H3. The van der Waals surface area contributed by atoms with Crippen LogP contribution in [0.4, 0.5) is 0 Å². The van der Waals surface area contributed by atoms with Crippen LogP contribution in [0.1, 0.15) is 36.1 Å². The molecular weight excluding hydrogens is 240 g/mol. The van der Waals surface area contributed by atoms with E-state index in [0.29, 0.717) is 12.1 Å². The number of hydrogen-bond acceptors (Lipinski definition) is 4. The van der Waals surface area contributed by atoms with Crippen molar-refractivity contribution in [2.75, 3.05) is 14.2 Å². The van der Waals surface area contributed by atoms with Crippen molar-refractivity contribution in [3.8, 4) is 5.75 Å². The number of hydrogen-bond donors (Lipinski definition) is 1. The van der Waals surface area contributed by atoms with Crippen LogP contribution >= 0.6 is 0 Å². The molecule has 1 heterocycles. The Hall–Kier alpha value is -1.13. The van der Waals surface area contributed by atoms with E-state index in [9.17, 15) is 0 Å². The molecule has 0 aromatic carbocycles. The molecule has 1 aliphatic rings. The Balaban J connectivity index is 1.97. The molecule has 1 aromatic heterocycles. The van der Waals surface area contributed by atoms with Crippen molar-refractivity contribution in [2.24, 2.45) is 0 Å². The number of nitrogens with one attached hydrogen (secondary N) is 1. The van der Waals surface area contributed by atoms with Gasteiger partial charge in [0.2, 0.25) is 0 Å². The first-order valence-corrected chi connectivity index (χ1v) is 6.91. The van der Waals surface area contributed by atoms with Gasteiger partial charge in [-0.15, -0.1) is 0 Å². The highest BCUT2D eigenvalue weighted by Gasteiger charge is 2.24. The van der Waals surface area contributed by atoms with Crippen LogP contribution in [-0.2, 0) is 11.3 Å². The summed E-state index contributed by atoms with van der Waals surface area (Å²) in [5, 5.41) is 3.58. The number of pyridine rings is 1. The van der Waals surface area contributed by atoms with Gasteiger partial charge in [-0.2, -0.15) is 0 Å². The second kappa shape index (κ2) is 6.35. The van der Waals surface area contributed by atoms with Crippen LogP contribution in [0.5, 0.6) is 5.75 Å². The SMILES string of the molecule is COc1c(C)cnc(CNC2CCC(OC)C2)c1C. The van der Waals surface area contributed by atoms with E-state index in [1.165, 1.54) is 6.42 Å². The van der Waals surface area contributed by atoms with Crippen LogP contribution in [0.25, 0.3) is 0 Å². The van der Waals surface area contributed by atoms with Crippen LogP contribution in [0, 0.1) is 13.8 Å². The Labute approximate surface area is 115 Å². The molecule has 0 spiro atoms. The van der Waals surface area contributed by atoms with E-state index in [-0.39, 0.29) is 0 Å². The maximum Gasteiger partial charge on any atom is 0.128 e. The average Bonchev–Trinajstić information content (AvgIpc) is 2.86. The van der Waals surface area contributed by atoms with Gasteiger partial charge in [0.1, 0.15) is 5.75 Å². The van der Waals surface area contributed by atoms with Gasteiger partial charge in [0, 0.05) is 37.0 Å². The van der Waals surface area contributed by atoms with Crippen molar-refractivity contribution < 1.29 is 9.47 Å². The van der Waals surface area contributed by atoms with Crippen LogP contribution in [0.15, 0.2) is 6.20 Å². The van der Waals surface area contributed by atoms with Crippen molar-refractivity contribution in [2.45, 2.75) is 51.8 Å². The van der Waals surface area contributed by atoms with Crippen molar-refractivity contribution >= 4 is 0 Å². The lowest BCUT2D eigenvalue weighted by Gasteiger charge is -2.16. The second-order valence-electron chi connectivity index (χ2n) is 5.29. The number of ether oxygens (including phenoxy) is 2. The highest BCUT2D eigenvalue weighted by atomic mass is 16.5. The van der Waals surface area contributed by atoms with Crippen LogP contribution in [0.2, 0.25) is 0 Å². The summed E-state index contributed by atoms with van der Waals surface area (Å²) in [7, 11) is 3.51. The number of aryl methyl sites for hydroxylation is 1. The third-order valence-corrected chi connectivity index (χ3v) is 4.03. The van der Waals surface area contributed by atoms with Gasteiger partial charge in [-0.1, -0.05) is 0 Å². The zero-order valence-electron chi connectivity index (χ0n) is 12.3. The first-order valence-electron chi connectivity index (χ1n) is 6.91. The summed E-state index contributed by atoms with van der Waals surface area (Å²) in [6.45, 7) is 4.89. The Kier molecular flexibility index (Phi) is 4.77. The van der Waals surface area contributed by atoms with Crippen molar-refractivity contribution in [1.82, 2.24) is 10.3 Å². The molecular formula is C15H24N2O2. The minimum Gasteiger partial charge on any atom is -0.496 e. The summed E-state index contributed by atoms with van der Waals surface area (Å²) in [5.41, 5.74) is 3.30. The lowest BCUT2D eigenvalue weighted by molar-refractivity contribution is 0.107. The lowest BCUT2D eigenvalue weighted by atomic mass is 10.1. The van der Waals surface area contributed by atoms with Gasteiger partial charge >= 0.3 is 0 Å². The molecule has 1 N–H and O–H groups in total. The van der Waals surface area contributed by atoms with E-state index >= 15 is 0 Å². The summed E-state index contributed by atoms with van der Waals surface area (Å²) in [5.74, 6) is 0.952. The van der Waals surface area contributed by atoms with Crippen molar-refractivity contribution in [3.05, 3.63) is 23.0 Å². The predicted molar refractivity (Wildman–Crippen MR) is 75.5 cm³/mol.